The molecule has 2 saturated carbocycles. The summed E-state index contributed by atoms with van der Waals surface area (Å²) in [6, 6.07) is 0. The third-order valence-electron chi connectivity index (χ3n) is 4.15. The van der Waals surface area contributed by atoms with Crippen molar-refractivity contribution < 1.29 is 13.6 Å². The van der Waals surface area contributed by atoms with E-state index in [-0.39, 0.29) is 17.7 Å². The van der Waals surface area contributed by atoms with Crippen molar-refractivity contribution >= 4 is 7.75 Å². The summed E-state index contributed by atoms with van der Waals surface area (Å²) in [5.41, 5.74) is -0.279. The highest BCUT2D eigenvalue weighted by Gasteiger charge is 2.36. The Balaban J connectivity index is 1.99. The molecule has 0 aromatic carbocycles. The summed E-state index contributed by atoms with van der Waals surface area (Å²) in [4.78, 5) is 0. The zero-order chi connectivity index (χ0) is 15.3. The van der Waals surface area contributed by atoms with Gasteiger partial charge in [0.1, 0.15) is 0 Å². The van der Waals surface area contributed by atoms with Crippen molar-refractivity contribution in [2.75, 3.05) is 0 Å². The van der Waals surface area contributed by atoms with Crippen LogP contribution in [-0.2, 0) is 13.6 Å². The molecule has 0 aromatic heterocycles. The lowest BCUT2D eigenvalue weighted by atomic mass is 9.98. The molecule has 0 bridgehead atoms. The van der Waals surface area contributed by atoms with Crippen molar-refractivity contribution in [2.45, 2.75) is 103 Å². The average molecular weight is 317 g/mol. The number of rotatable bonds is 5. The Kier molecular flexibility index (Phi) is 6.31. The Hall–Kier alpha value is 0.110. The van der Waals surface area contributed by atoms with Gasteiger partial charge in [0.2, 0.25) is 0 Å². The molecule has 2 aliphatic rings. The Morgan fingerprint density at radius 1 is 0.810 bits per heavy atom. The summed E-state index contributed by atoms with van der Waals surface area (Å²) in [7, 11) is -3.23. The first-order valence-corrected chi connectivity index (χ1v) is 10.2. The third kappa shape index (κ3) is 6.40. The van der Waals surface area contributed by atoms with E-state index in [1.807, 2.05) is 20.8 Å². The van der Waals surface area contributed by atoms with Crippen LogP contribution in [0, 0.1) is 0 Å². The smallest absolute Gasteiger partial charge is 0.293 e. The van der Waals surface area contributed by atoms with Gasteiger partial charge in [-0.1, -0.05) is 38.5 Å². The van der Waals surface area contributed by atoms with Gasteiger partial charge in [-0.3, -0.25) is 9.05 Å². The lowest BCUT2D eigenvalue weighted by molar-refractivity contribution is 0.0705. The highest BCUT2D eigenvalue weighted by atomic mass is 31.2. The van der Waals surface area contributed by atoms with Crippen molar-refractivity contribution in [1.29, 1.82) is 0 Å². The van der Waals surface area contributed by atoms with E-state index in [4.69, 9.17) is 9.05 Å². The van der Waals surface area contributed by atoms with E-state index in [9.17, 15) is 4.57 Å². The van der Waals surface area contributed by atoms with E-state index in [1.54, 1.807) is 0 Å². The largest absolute Gasteiger partial charge is 0.406 e. The standard InChI is InChI=1S/C16H32NO3P/c1-16(2,3)17-21(18,19-14-10-6-4-7-11-14)20-15-12-8-5-9-13-15/h14-15H,4-13H2,1-3H3,(H,17,18). The Morgan fingerprint density at radius 3 is 1.52 bits per heavy atom. The number of hydrogen-bond acceptors (Lipinski definition) is 3. The monoisotopic (exact) mass is 317 g/mol. The van der Waals surface area contributed by atoms with Crippen LogP contribution in [0.25, 0.3) is 0 Å². The maximum absolute atomic E-state index is 13.2. The van der Waals surface area contributed by atoms with E-state index < -0.39 is 7.75 Å². The van der Waals surface area contributed by atoms with Gasteiger partial charge >= 0.3 is 7.75 Å². The van der Waals surface area contributed by atoms with Crippen molar-refractivity contribution in [3.63, 3.8) is 0 Å². The number of nitrogens with one attached hydrogen (secondary N) is 1. The molecule has 2 fully saturated rings. The zero-order valence-electron chi connectivity index (χ0n) is 13.9. The molecule has 5 heteroatoms. The van der Waals surface area contributed by atoms with Gasteiger partial charge < -0.3 is 0 Å². The lowest BCUT2D eigenvalue weighted by Crippen LogP contribution is -2.37. The molecular weight excluding hydrogens is 285 g/mol. The van der Waals surface area contributed by atoms with E-state index in [1.165, 1.54) is 38.5 Å². The maximum atomic E-state index is 13.2. The summed E-state index contributed by atoms with van der Waals surface area (Å²) in [5.74, 6) is 0. The van der Waals surface area contributed by atoms with Crippen molar-refractivity contribution in [3.8, 4) is 0 Å². The van der Waals surface area contributed by atoms with Crippen LogP contribution in [0.1, 0.15) is 85.0 Å². The second-order valence-electron chi connectivity index (χ2n) is 7.59. The maximum Gasteiger partial charge on any atom is 0.406 e. The highest BCUT2D eigenvalue weighted by Crippen LogP contribution is 2.51. The van der Waals surface area contributed by atoms with Crippen LogP contribution in [0.5, 0.6) is 0 Å². The SMILES string of the molecule is CC(C)(C)NP(=O)(OC1CCCCC1)OC1CCCCC1. The molecule has 2 rings (SSSR count). The predicted octanol–water partition coefficient (Wildman–Crippen LogP) is 5.18. The minimum atomic E-state index is -3.23. The fourth-order valence-corrected chi connectivity index (χ4v) is 5.41. The summed E-state index contributed by atoms with van der Waals surface area (Å²) in [6.07, 6.45) is 11.4. The van der Waals surface area contributed by atoms with Crippen LogP contribution in [0.2, 0.25) is 0 Å². The Morgan fingerprint density at radius 2 is 1.19 bits per heavy atom. The molecule has 124 valence electrons. The molecule has 0 heterocycles. The molecular formula is C16H32NO3P. The van der Waals surface area contributed by atoms with Crippen LogP contribution in [0.4, 0.5) is 0 Å². The van der Waals surface area contributed by atoms with Gasteiger partial charge in [-0.25, -0.2) is 9.65 Å². The Labute approximate surface area is 129 Å². The topological polar surface area (TPSA) is 47.6 Å². The van der Waals surface area contributed by atoms with E-state index in [0.717, 1.165) is 25.7 Å². The molecule has 4 nitrogen and oxygen atoms in total. The normalized spacial score (nSPS) is 23.4. The van der Waals surface area contributed by atoms with E-state index in [0.29, 0.717) is 0 Å². The minimum absolute atomic E-state index is 0.0861. The third-order valence-corrected chi connectivity index (χ3v) is 6.25. The van der Waals surface area contributed by atoms with Crippen LogP contribution in [0.3, 0.4) is 0 Å². The van der Waals surface area contributed by atoms with Gasteiger partial charge in [-0.05, 0) is 46.5 Å². The second kappa shape index (κ2) is 7.59. The highest BCUT2D eigenvalue weighted by molar-refractivity contribution is 7.51. The van der Waals surface area contributed by atoms with Crippen molar-refractivity contribution in [3.05, 3.63) is 0 Å². The molecule has 0 aliphatic heterocycles. The molecule has 21 heavy (non-hydrogen) atoms. The quantitative estimate of drug-likeness (QED) is 0.710. The molecule has 0 radical (unpaired) electrons. The fraction of sp³-hybridized carbons (Fsp3) is 1.00. The van der Waals surface area contributed by atoms with Gasteiger partial charge in [0, 0.05) is 5.54 Å². The predicted molar refractivity (Wildman–Crippen MR) is 86.4 cm³/mol. The van der Waals surface area contributed by atoms with E-state index >= 15 is 0 Å². The number of hydrogen-bond donors (Lipinski definition) is 1. The van der Waals surface area contributed by atoms with Crippen LogP contribution in [-0.4, -0.2) is 17.7 Å². The van der Waals surface area contributed by atoms with Gasteiger partial charge in [-0.15, -0.1) is 0 Å². The first-order valence-electron chi connectivity index (χ1n) is 8.63. The summed E-state index contributed by atoms with van der Waals surface area (Å²) >= 11 is 0. The van der Waals surface area contributed by atoms with Gasteiger partial charge in [0.05, 0.1) is 12.2 Å². The first kappa shape index (κ1) is 17.5. The molecule has 0 spiro atoms. The first-order chi connectivity index (χ1) is 9.86. The van der Waals surface area contributed by atoms with Crippen molar-refractivity contribution in [1.82, 2.24) is 5.09 Å². The average Bonchev–Trinajstić information content (AvgIpc) is 2.38. The second-order valence-corrected chi connectivity index (χ2v) is 9.23. The van der Waals surface area contributed by atoms with Crippen LogP contribution in [0.15, 0.2) is 0 Å². The van der Waals surface area contributed by atoms with E-state index in [2.05, 4.69) is 5.09 Å². The molecule has 0 atom stereocenters. The van der Waals surface area contributed by atoms with Crippen LogP contribution < -0.4 is 5.09 Å². The van der Waals surface area contributed by atoms with Gasteiger partial charge in [0.15, 0.2) is 0 Å². The van der Waals surface area contributed by atoms with Crippen molar-refractivity contribution in [2.24, 2.45) is 0 Å². The van der Waals surface area contributed by atoms with Gasteiger partial charge in [-0.2, -0.15) is 0 Å². The van der Waals surface area contributed by atoms with Gasteiger partial charge in [0.25, 0.3) is 0 Å². The molecule has 0 saturated heterocycles. The molecule has 0 unspecified atom stereocenters. The molecule has 1 N–H and O–H groups in total. The lowest BCUT2D eigenvalue weighted by Gasteiger charge is -2.34. The fourth-order valence-electron chi connectivity index (χ4n) is 3.22. The minimum Gasteiger partial charge on any atom is -0.293 e. The molecule has 2 aliphatic carbocycles. The molecule has 0 amide bonds. The molecule has 0 aromatic rings. The summed E-state index contributed by atoms with van der Waals surface area (Å²) in [6.45, 7) is 6.02. The zero-order valence-corrected chi connectivity index (χ0v) is 14.8. The summed E-state index contributed by atoms with van der Waals surface area (Å²) in [5, 5.41) is 3.14. The van der Waals surface area contributed by atoms with Crippen LogP contribution >= 0.6 is 7.75 Å². The Bertz CT molecular complexity index is 331. The summed E-state index contributed by atoms with van der Waals surface area (Å²) < 4.78 is 25.2.